The van der Waals surface area contributed by atoms with Crippen molar-refractivity contribution < 1.29 is 19.8 Å². The summed E-state index contributed by atoms with van der Waals surface area (Å²) in [5.74, 6) is -0.895. The second kappa shape index (κ2) is 16.4. The van der Waals surface area contributed by atoms with Crippen LogP contribution in [0.3, 0.4) is 0 Å². The number of nitrogens with zero attached hydrogens (tertiary/aromatic N) is 9. The molecule has 1 fully saturated rings. The summed E-state index contributed by atoms with van der Waals surface area (Å²) in [6, 6.07) is 20.7. The van der Waals surface area contributed by atoms with Crippen molar-refractivity contribution in [2.45, 2.75) is 25.6 Å². The van der Waals surface area contributed by atoms with Gasteiger partial charge in [0.05, 0.1) is 29.2 Å². The number of nitrogens with one attached hydrogen (secondary N) is 4. The van der Waals surface area contributed by atoms with Gasteiger partial charge in [-0.25, -0.2) is 19.7 Å². The molecule has 55 heavy (non-hydrogen) atoms. The van der Waals surface area contributed by atoms with E-state index in [4.69, 9.17) is 16.9 Å². The third-order valence-corrected chi connectivity index (χ3v) is 9.03. The highest BCUT2D eigenvalue weighted by molar-refractivity contribution is 6.31. The number of carboxylic acids is 1. The van der Waals surface area contributed by atoms with Crippen molar-refractivity contribution in [3.8, 4) is 11.9 Å². The van der Waals surface area contributed by atoms with E-state index >= 15 is 0 Å². The molecule has 3 aromatic carbocycles. The van der Waals surface area contributed by atoms with E-state index in [0.717, 1.165) is 11.1 Å². The van der Waals surface area contributed by atoms with Crippen molar-refractivity contribution in [1.29, 1.82) is 5.26 Å². The van der Waals surface area contributed by atoms with Crippen LogP contribution in [0, 0.1) is 11.3 Å². The van der Waals surface area contributed by atoms with Gasteiger partial charge in [-0.3, -0.25) is 9.69 Å². The summed E-state index contributed by atoms with van der Waals surface area (Å²) in [5, 5.41) is 39.1. The molecule has 1 saturated heterocycles. The summed E-state index contributed by atoms with van der Waals surface area (Å²) >= 11 is 6.14. The number of hydrogen-bond acceptors (Lipinski definition) is 14. The number of fused-ring (bicyclic) bond motifs is 1. The molecule has 17 nitrogen and oxygen atoms in total. The Bertz CT molecular complexity index is 2380. The van der Waals surface area contributed by atoms with Gasteiger partial charge in [-0.1, -0.05) is 35.9 Å². The number of halogens is 1. The maximum absolute atomic E-state index is 12.9. The van der Waals surface area contributed by atoms with Gasteiger partial charge < -0.3 is 36.0 Å². The van der Waals surface area contributed by atoms with Crippen LogP contribution in [0.15, 0.2) is 79.1 Å². The van der Waals surface area contributed by atoms with E-state index in [0.29, 0.717) is 65.9 Å². The number of carbonyl (C=O) groups excluding carboxylic acids is 1. The third kappa shape index (κ3) is 9.19. The van der Waals surface area contributed by atoms with Gasteiger partial charge in [0, 0.05) is 62.2 Å². The minimum absolute atomic E-state index is 0.0239. The molecule has 6 N–H and O–H groups in total. The van der Waals surface area contributed by atoms with Crippen LogP contribution in [0.1, 0.15) is 33.0 Å². The molecule has 18 heteroatoms. The zero-order valence-electron chi connectivity index (χ0n) is 29.1. The van der Waals surface area contributed by atoms with Gasteiger partial charge in [0.2, 0.25) is 23.7 Å². The highest BCUT2D eigenvalue weighted by atomic mass is 35.5. The molecule has 7 rings (SSSR count). The van der Waals surface area contributed by atoms with Crippen LogP contribution < -0.4 is 16.0 Å². The number of carboxylic acid groups (broad SMARTS) is 1. The lowest BCUT2D eigenvalue weighted by molar-refractivity contribution is -0.137. The fraction of sp³-hybridized carbons (Fsp3) is 0.216. The Morgan fingerprint density at radius 2 is 1.67 bits per heavy atom. The number of aromatic amines is 1. The fourth-order valence-corrected chi connectivity index (χ4v) is 6.20. The molecule has 0 spiro atoms. The first-order valence-corrected chi connectivity index (χ1v) is 17.6. The van der Waals surface area contributed by atoms with Crippen molar-refractivity contribution in [3.63, 3.8) is 0 Å². The quantitative estimate of drug-likeness (QED) is 0.0969. The van der Waals surface area contributed by atoms with E-state index in [-0.39, 0.29) is 48.3 Å². The number of hydrogen-bond donors (Lipinski definition) is 6. The summed E-state index contributed by atoms with van der Waals surface area (Å²) in [4.78, 5) is 58.2. The second-order valence-corrected chi connectivity index (χ2v) is 13.1. The van der Waals surface area contributed by atoms with Crippen LogP contribution in [-0.4, -0.2) is 99.0 Å². The lowest BCUT2D eigenvalue weighted by Crippen LogP contribution is -2.48. The fourth-order valence-electron chi connectivity index (χ4n) is 6.04. The molecule has 1 amide bonds. The van der Waals surface area contributed by atoms with Crippen molar-refractivity contribution in [3.05, 3.63) is 112 Å². The van der Waals surface area contributed by atoms with Gasteiger partial charge >= 0.3 is 5.97 Å². The number of aromatic nitrogens is 7. The van der Waals surface area contributed by atoms with Gasteiger partial charge in [0.25, 0.3) is 5.91 Å². The number of rotatable bonds is 13. The molecule has 1 aliphatic heterocycles. The largest absolute Gasteiger partial charge is 0.492 e. The van der Waals surface area contributed by atoms with E-state index in [9.17, 15) is 19.8 Å². The summed E-state index contributed by atoms with van der Waals surface area (Å²) in [6.45, 7) is 3.00. The standard InChI is InChI=1S/C37H34ClN13O4/c38-25-8-9-27-28(18-25)45-30(44-27)20-42-35-47-36(49-37(48-35)46-29(34(54)55)17-22-4-6-23(19-39)7-5-22)43-26-3-1-2-24(16-26)21-50-12-14-51(15-13-50)33(53)31-32(52)41-11-10-40-31/h1-11,16,18,29H,12-15,17,20-21H2,(H,41,52)(H,44,45)(H,54,55)(H3,42,43,46,47,48,49)/t29-/m0/s1. The van der Waals surface area contributed by atoms with Gasteiger partial charge in [0.1, 0.15) is 11.9 Å². The SMILES string of the molecule is N#Cc1ccc(C[C@H](Nc2nc(NCc3nc4cc(Cl)ccc4[nH]3)nc(Nc3cccc(CN4CCN(C(=O)c5nccnc5O)CC4)c3)n2)C(=O)O)cc1. The number of piperazine rings is 1. The van der Waals surface area contributed by atoms with Crippen LogP contribution >= 0.6 is 11.6 Å². The van der Waals surface area contributed by atoms with Gasteiger partial charge in [0.15, 0.2) is 5.69 Å². The summed E-state index contributed by atoms with van der Waals surface area (Å²) in [6.07, 6.45) is 2.81. The number of nitriles is 1. The normalized spacial score (nSPS) is 13.6. The number of amides is 1. The predicted octanol–water partition coefficient (Wildman–Crippen LogP) is 4.19. The number of imidazole rings is 1. The Balaban J connectivity index is 1.06. The monoisotopic (exact) mass is 759 g/mol. The number of aromatic hydroxyl groups is 1. The first-order chi connectivity index (χ1) is 26.7. The maximum atomic E-state index is 12.9. The van der Waals surface area contributed by atoms with Gasteiger partial charge in [-0.2, -0.15) is 20.2 Å². The molecule has 0 radical (unpaired) electrons. The Morgan fingerprint density at radius 3 is 2.44 bits per heavy atom. The zero-order chi connectivity index (χ0) is 38.3. The molecule has 3 aromatic heterocycles. The highest BCUT2D eigenvalue weighted by Crippen LogP contribution is 2.22. The van der Waals surface area contributed by atoms with Crippen LogP contribution in [0.2, 0.25) is 5.02 Å². The predicted molar refractivity (Wildman–Crippen MR) is 203 cm³/mol. The van der Waals surface area contributed by atoms with Crippen LogP contribution in [-0.2, 0) is 24.3 Å². The molecule has 0 saturated carbocycles. The number of benzene rings is 3. The Morgan fingerprint density at radius 1 is 0.909 bits per heavy atom. The first-order valence-electron chi connectivity index (χ1n) is 17.2. The van der Waals surface area contributed by atoms with Crippen molar-refractivity contribution in [2.24, 2.45) is 0 Å². The molecular weight excluding hydrogens is 726 g/mol. The van der Waals surface area contributed by atoms with E-state index in [1.807, 2.05) is 30.3 Å². The molecule has 0 bridgehead atoms. The van der Waals surface area contributed by atoms with Gasteiger partial charge in [-0.05, 0) is 53.6 Å². The Labute approximate surface area is 319 Å². The minimum Gasteiger partial charge on any atom is -0.492 e. The molecule has 0 unspecified atom stereocenters. The molecule has 1 atom stereocenters. The highest BCUT2D eigenvalue weighted by Gasteiger charge is 2.26. The average molecular weight is 760 g/mol. The number of aliphatic carboxylic acids is 1. The Kier molecular flexibility index (Phi) is 10.9. The Hall–Kier alpha value is -6.90. The summed E-state index contributed by atoms with van der Waals surface area (Å²) < 4.78 is 0. The van der Waals surface area contributed by atoms with E-state index in [1.54, 1.807) is 41.3 Å². The summed E-state index contributed by atoms with van der Waals surface area (Å²) in [5.41, 5.74) is 4.33. The summed E-state index contributed by atoms with van der Waals surface area (Å²) in [7, 11) is 0. The van der Waals surface area contributed by atoms with Crippen molar-refractivity contribution >= 4 is 58.0 Å². The van der Waals surface area contributed by atoms with E-state index in [1.165, 1.54) is 12.4 Å². The van der Waals surface area contributed by atoms with Crippen LogP contribution in [0.4, 0.5) is 23.5 Å². The third-order valence-electron chi connectivity index (χ3n) is 8.80. The van der Waals surface area contributed by atoms with Crippen molar-refractivity contribution in [1.82, 2.24) is 44.7 Å². The maximum Gasteiger partial charge on any atom is 0.326 e. The molecule has 6 aromatic rings. The lowest BCUT2D eigenvalue weighted by Gasteiger charge is -2.34. The topological polar surface area (TPSA) is 234 Å². The first kappa shape index (κ1) is 36.5. The zero-order valence-corrected chi connectivity index (χ0v) is 29.9. The van der Waals surface area contributed by atoms with E-state index < -0.39 is 12.0 Å². The molecule has 278 valence electrons. The molecule has 1 aliphatic rings. The van der Waals surface area contributed by atoms with Gasteiger partial charge in [-0.15, -0.1) is 0 Å². The lowest BCUT2D eigenvalue weighted by atomic mass is 10.0. The molecular formula is C37H34ClN13O4. The van der Waals surface area contributed by atoms with E-state index in [2.05, 4.69) is 61.8 Å². The molecule has 4 heterocycles. The van der Waals surface area contributed by atoms with Crippen LogP contribution in [0.25, 0.3) is 11.0 Å². The number of carbonyl (C=O) groups is 2. The minimum atomic E-state index is -1.11. The number of anilines is 4. The second-order valence-electron chi connectivity index (χ2n) is 12.7. The average Bonchev–Trinajstić information content (AvgIpc) is 3.59. The molecule has 0 aliphatic carbocycles. The number of H-pyrrole nitrogens is 1. The van der Waals surface area contributed by atoms with Crippen molar-refractivity contribution in [2.75, 3.05) is 42.1 Å². The van der Waals surface area contributed by atoms with Crippen LogP contribution in [0.5, 0.6) is 5.88 Å². The smallest absolute Gasteiger partial charge is 0.326 e.